The molecule has 40 heavy (non-hydrogen) atoms. The Kier molecular flexibility index (Phi) is 5.03. The first-order chi connectivity index (χ1) is 19.7. The maximum Gasteiger partial charge on any atom is 0.0547 e. The smallest absolute Gasteiger partial charge is 0.0547 e. The molecule has 8 aromatic rings. The topological polar surface area (TPSA) is 46.7 Å². The van der Waals surface area contributed by atoms with Crippen molar-refractivity contribution in [1.29, 1.82) is 0 Å². The van der Waals surface area contributed by atoms with Crippen molar-refractivity contribution in [2.24, 2.45) is 0 Å². The largest absolute Gasteiger partial charge is 0.398 e. The lowest BCUT2D eigenvalue weighted by molar-refractivity contribution is 1.18. The number of anilines is 1. The van der Waals surface area contributed by atoms with Crippen molar-refractivity contribution in [3.63, 3.8) is 0 Å². The van der Waals surface area contributed by atoms with E-state index in [1.165, 1.54) is 21.5 Å². The molecule has 3 nitrogen and oxygen atoms in total. The van der Waals surface area contributed by atoms with Gasteiger partial charge in [-0.05, 0) is 59.7 Å². The normalized spacial score (nSPS) is 11.7. The molecule has 8 rings (SSSR count). The molecule has 2 aromatic heterocycles. The molecule has 0 unspecified atom stereocenters. The van der Waals surface area contributed by atoms with Crippen molar-refractivity contribution in [2.75, 3.05) is 5.73 Å². The molecular weight excluding hydrogens is 510 g/mol. The number of nitrogens with one attached hydrogen (secondary N) is 1. The van der Waals surface area contributed by atoms with Crippen molar-refractivity contribution in [1.82, 2.24) is 9.55 Å². The fourth-order valence-corrected chi connectivity index (χ4v) is 6.51. The Morgan fingerprint density at radius 2 is 1.27 bits per heavy atom. The summed E-state index contributed by atoms with van der Waals surface area (Å²) < 4.78 is 2.33. The molecule has 0 spiro atoms. The van der Waals surface area contributed by atoms with Crippen LogP contribution in [0.4, 0.5) is 5.69 Å². The second-order valence-electron chi connectivity index (χ2n) is 10.2. The van der Waals surface area contributed by atoms with Gasteiger partial charge in [-0.1, -0.05) is 90.5 Å². The highest BCUT2D eigenvalue weighted by atomic mass is 35.5. The van der Waals surface area contributed by atoms with Gasteiger partial charge in [-0.15, -0.1) is 0 Å². The van der Waals surface area contributed by atoms with Crippen LogP contribution in [0.25, 0.3) is 71.6 Å². The molecule has 3 N–H and O–H groups in total. The van der Waals surface area contributed by atoms with Crippen LogP contribution in [0.15, 0.2) is 127 Å². The van der Waals surface area contributed by atoms with Gasteiger partial charge in [-0.3, -0.25) is 0 Å². The first kappa shape index (κ1) is 22.9. The van der Waals surface area contributed by atoms with Crippen molar-refractivity contribution < 1.29 is 0 Å². The zero-order valence-corrected chi connectivity index (χ0v) is 22.3. The minimum Gasteiger partial charge on any atom is -0.398 e. The van der Waals surface area contributed by atoms with Gasteiger partial charge >= 0.3 is 0 Å². The average molecular weight is 534 g/mol. The maximum absolute atomic E-state index is 6.90. The van der Waals surface area contributed by atoms with E-state index >= 15 is 0 Å². The minimum absolute atomic E-state index is 0.631. The molecule has 190 valence electrons. The standard InChI is InChI=1S/C36H24ClN3/c37-30-16-9-17-31(38)35(30)29-21-34-28(24-13-5-7-19-33(24)40(34)22-10-2-1-3-11-22)20-27(29)26-15-8-14-25-23-12-4-6-18-32(23)39-36(25)26/h1-21,39H,38H2. The van der Waals surface area contributed by atoms with Crippen LogP contribution in [0.5, 0.6) is 0 Å². The van der Waals surface area contributed by atoms with E-state index in [-0.39, 0.29) is 0 Å². The van der Waals surface area contributed by atoms with E-state index in [1.807, 2.05) is 24.3 Å². The third kappa shape index (κ3) is 3.32. The van der Waals surface area contributed by atoms with Crippen molar-refractivity contribution in [2.45, 2.75) is 0 Å². The van der Waals surface area contributed by atoms with E-state index in [4.69, 9.17) is 17.3 Å². The summed E-state index contributed by atoms with van der Waals surface area (Å²) in [4.78, 5) is 3.70. The van der Waals surface area contributed by atoms with Crippen LogP contribution >= 0.6 is 11.6 Å². The monoisotopic (exact) mass is 533 g/mol. The number of halogens is 1. The molecule has 0 saturated heterocycles. The van der Waals surface area contributed by atoms with Gasteiger partial charge in [0.1, 0.15) is 0 Å². The second kappa shape index (κ2) is 8.77. The number of H-pyrrole nitrogens is 1. The number of para-hydroxylation sites is 4. The molecule has 0 aliphatic rings. The Hall–Kier alpha value is -4.99. The van der Waals surface area contributed by atoms with Gasteiger partial charge in [0.2, 0.25) is 0 Å². The van der Waals surface area contributed by atoms with E-state index in [0.29, 0.717) is 10.7 Å². The number of nitrogens with two attached hydrogens (primary N) is 1. The van der Waals surface area contributed by atoms with Gasteiger partial charge in [-0.2, -0.15) is 0 Å². The van der Waals surface area contributed by atoms with E-state index in [2.05, 4.69) is 113 Å². The molecule has 0 atom stereocenters. The highest BCUT2D eigenvalue weighted by molar-refractivity contribution is 6.34. The van der Waals surface area contributed by atoms with E-state index in [9.17, 15) is 0 Å². The summed E-state index contributed by atoms with van der Waals surface area (Å²) in [5.41, 5.74) is 16.9. The van der Waals surface area contributed by atoms with Crippen LogP contribution in [0.1, 0.15) is 0 Å². The molecule has 0 aliphatic heterocycles. The predicted molar refractivity (Wildman–Crippen MR) is 170 cm³/mol. The number of nitrogens with zero attached hydrogens (tertiary/aromatic N) is 1. The van der Waals surface area contributed by atoms with Crippen LogP contribution in [0, 0.1) is 0 Å². The minimum atomic E-state index is 0.631. The van der Waals surface area contributed by atoms with Crippen molar-refractivity contribution in [3.05, 3.63) is 132 Å². The van der Waals surface area contributed by atoms with Crippen LogP contribution in [-0.2, 0) is 0 Å². The molecule has 0 saturated carbocycles. The number of hydrogen-bond donors (Lipinski definition) is 2. The Morgan fingerprint density at radius 1 is 0.550 bits per heavy atom. The molecule has 2 heterocycles. The van der Waals surface area contributed by atoms with Crippen molar-refractivity contribution in [3.8, 4) is 27.9 Å². The fourth-order valence-electron chi connectivity index (χ4n) is 6.22. The summed E-state index contributed by atoms with van der Waals surface area (Å²) in [6.45, 7) is 0. The van der Waals surface area contributed by atoms with E-state index < -0.39 is 0 Å². The Bertz CT molecular complexity index is 2220. The summed E-state index contributed by atoms with van der Waals surface area (Å²) in [6, 6.07) is 44.4. The lowest BCUT2D eigenvalue weighted by atomic mass is 9.90. The van der Waals surface area contributed by atoms with Gasteiger partial charge in [0.15, 0.2) is 0 Å². The SMILES string of the molecule is Nc1cccc(Cl)c1-c1cc2c(cc1-c1cccc3c1[nH]c1ccccc13)c1ccccc1n2-c1ccccc1. The summed E-state index contributed by atoms with van der Waals surface area (Å²) >= 11 is 6.90. The third-order valence-corrected chi connectivity index (χ3v) is 8.29. The molecule has 0 bridgehead atoms. The molecule has 0 aliphatic carbocycles. The number of aromatic nitrogens is 2. The quantitative estimate of drug-likeness (QED) is 0.218. The number of aromatic amines is 1. The van der Waals surface area contributed by atoms with Gasteiger partial charge < -0.3 is 15.3 Å². The van der Waals surface area contributed by atoms with Crippen LogP contribution in [0.2, 0.25) is 5.02 Å². The first-order valence-electron chi connectivity index (χ1n) is 13.4. The van der Waals surface area contributed by atoms with Crippen LogP contribution in [-0.4, -0.2) is 9.55 Å². The summed E-state index contributed by atoms with van der Waals surface area (Å²) in [5, 5.41) is 5.41. The molecule has 0 radical (unpaired) electrons. The highest BCUT2D eigenvalue weighted by Gasteiger charge is 2.21. The molecular formula is C36H24ClN3. The van der Waals surface area contributed by atoms with Gasteiger partial charge in [0.05, 0.1) is 21.6 Å². The number of fused-ring (bicyclic) bond motifs is 6. The van der Waals surface area contributed by atoms with Gasteiger partial charge in [0.25, 0.3) is 0 Å². The highest BCUT2D eigenvalue weighted by Crippen LogP contribution is 2.46. The predicted octanol–water partition coefficient (Wildman–Crippen LogP) is 9.99. The summed E-state index contributed by atoms with van der Waals surface area (Å²) in [5.74, 6) is 0. The Labute approximate surface area is 236 Å². The molecule has 4 heteroatoms. The maximum atomic E-state index is 6.90. The number of rotatable bonds is 3. The third-order valence-electron chi connectivity index (χ3n) is 7.97. The zero-order valence-electron chi connectivity index (χ0n) is 21.5. The zero-order chi connectivity index (χ0) is 26.8. The van der Waals surface area contributed by atoms with Gasteiger partial charge in [-0.25, -0.2) is 0 Å². The van der Waals surface area contributed by atoms with Crippen LogP contribution < -0.4 is 5.73 Å². The molecule has 0 fully saturated rings. The van der Waals surface area contributed by atoms with E-state index in [1.54, 1.807) is 0 Å². The van der Waals surface area contributed by atoms with E-state index in [0.717, 1.165) is 50.0 Å². The Morgan fingerprint density at radius 3 is 2.12 bits per heavy atom. The summed E-state index contributed by atoms with van der Waals surface area (Å²) in [7, 11) is 0. The average Bonchev–Trinajstić information content (AvgIpc) is 3.53. The van der Waals surface area contributed by atoms with Crippen molar-refractivity contribution >= 4 is 60.9 Å². The summed E-state index contributed by atoms with van der Waals surface area (Å²) in [6.07, 6.45) is 0. The number of hydrogen-bond acceptors (Lipinski definition) is 1. The first-order valence-corrected chi connectivity index (χ1v) is 13.7. The number of benzene rings is 6. The lowest BCUT2D eigenvalue weighted by Gasteiger charge is -2.16. The second-order valence-corrected chi connectivity index (χ2v) is 10.6. The molecule has 6 aromatic carbocycles. The lowest BCUT2D eigenvalue weighted by Crippen LogP contribution is -1.96. The van der Waals surface area contributed by atoms with Crippen LogP contribution in [0.3, 0.4) is 0 Å². The fraction of sp³-hybridized carbons (Fsp3) is 0. The van der Waals surface area contributed by atoms with Gasteiger partial charge in [0, 0.05) is 49.6 Å². The number of nitrogen functional groups attached to an aromatic ring is 1. The molecule has 0 amide bonds. The Balaban J connectivity index is 1.56.